The average Bonchev–Trinajstić information content (AvgIpc) is 3.14. The van der Waals surface area contributed by atoms with E-state index >= 15 is 0 Å². The molecule has 1 aromatic heterocycles. The monoisotopic (exact) mass is 440 g/mol. The molecule has 1 fully saturated rings. The molecule has 3 rings (SSSR count). The first kappa shape index (κ1) is 23.4. The number of aromatic nitrogens is 1. The maximum absolute atomic E-state index is 12.7. The molecule has 8 heteroatoms. The normalized spacial score (nSPS) is 16.8. The molecule has 172 valence electrons. The highest BCUT2D eigenvalue weighted by atomic mass is 16.6. The lowest BCUT2D eigenvalue weighted by atomic mass is 9.95. The van der Waals surface area contributed by atoms with E-state index in [0.717, 1.165) is 29.8 Å². The Morgan fingerprint density at radius 3 is 2.62 bits per heavy atom. The molecule has 0 unspecified atom stereocenters. The minimum Gasteiger partial charge on any atom is -0.445 e. The number of ether oxygens (including phenoxy) is 2. The molecule has 1 saturated heterocycles. The summed E-state index contributed by atoms with van der Waals surface area (Å²) in [6, 6.07) is 13.5. The van der Waals surface area contributed by atoms with Gasteiger partial charge in [0.1, 0.15) is 12.2 Å². The highest BCUT2D eigenvalue weighted by Crippen LogP contribution is 2.28. The molecule has 0 saturated carbocycles. The largest absolute Gasteiger partial charge is 0.445 e. The number of piperidine rings is 1. The number of amides is 2. The summed E-state index contributed by atoms with van der Waals surface area (Å²) in [7, 11) is 1.68. The minimum absolute atomic E-state index is 0.0435. The minimum atomic E-state index is -0.611. The number of carbonyl (C=O) groups excluding carboxylic acids is 2. The van der Waals surface area contributed by atoms with E-state index in [2.05, 4.69) is 10.4 Å². The van der Waals surface area contributed by atoms with Crippen LogP contribution in [0.1, 0.15) is 56.5 Å². The molecule has 0 radical (unpaired) electrons. The molecular weight excluding hydrogens is 408 g/mol. The van der Waals surface area contributed by atoms with Gasteiger partial charge in [0.15, 0.2) is 0 Å². The second-order valence-electron chi connectivity index (χ2n) is 8.84. The highest BCUT2D eigenvalue weighted by Gasteiger charge is 2.29. The summed E-state index contributed by atoms with van der Waals surface area (Å²) in [6.45, 7) is 6.85. The van der Waals surface area contributed by atoms with Gasteiger partial charge in [-0.15, -0.1) is 0 Å². The predicted molar refractivity (Wildman–Crippen MR) is 124 cm³/mol. The summed E-state index contributed by atoms with van der Waals surface area (Å²) < 4.78 is 12.6. The molecule has 2 amide bonds. The van der Waals surface area contributed by atoms with Gasteiger partial charge in [-0.05, 0) is 51.3 Å². The van der Waals surface area contributed by atoms with Crippen molar-refractivity contribution < 1.29 is 19.1 Å². The van der Waals surface area contributed by atoms with Gasteiger partial charge in [0, 0.05) is 38.0 Å². The lowest BCUT2D eigenvalue weighted by Crippen LogP contribution is -2.41. The molecule has 2 aromatic rings. The zero-order valence-corrected chi connectivity index (χ0v) is 19.2. The SMILES string of the molecule is CN=Cc1ccc([C@@H]2CCCN(C(=O)OCc3ccccc3)C2)n1NC(=O)OC(C)(C)C. The molecule has 8 nitrogen and oxygen atoms in total. The van der Waals surface area contributed by atoms with Gasteiger partial charge < -0.3 is 14.4 Å². The number of hydrogen-bond acceptors (Lipinski definition) is 5. The Hall–Kier alpha value is -3.29. The Morgan fingerprint density at radius 1 is 1.19 bits per heavy atom. The molecule has 0 spiro atoms. The zero-order chi connectivity index (χ0) is 23.1. The Morgan fingerprint density at radius 2 is 1.94 bits per heavy atom. The number of likely N-dealkylation sites (tertiary alicyclic amines) is 1. The number of benzene rings is 1. The van der Waals surface area contributed by atoms with E-state index < -0.39 is 11.7 Å². The van der Waals surface area contributed by atoms with Gasteiger partial charge in [-0.1, -0.05) is 30.3 Å². The molecule has 1 atom stereocenters. The van der Waals surface area contributed by atoms with Crippen molar-refractivity contribution in [3.05, 3.63) is 59.4 Å². The number of aliphatic imine (C=N–C) groups is 1. The van der Waals surface area contributed by atoms with Gasteiger partial charge in [0.2, 0.25) is 0 Å². The zero-order valence-electron chi connectivity index (χ0n) is 19.2. The molecule has 32 heavy (non-hydrogen) atoms. The van der Waals surface area contributed by atoms with Crippen LogP contribution in [-0.2, 0) is 16.1 Å². The van der Waals surface area contributed by atoms with Crippen LogP contribution < -0.4 is 5.43 Å². The van der Waals surface area contributed by atoms with Crippen molar-refractivity contribution in [3.8, 4) is 0 Å². The van der Waals surface area contributed by atoms with E-state index in [1.54, 1.807) is 22.8 Å². The quantitative estimate of drug-likeness (QED) is 0.692. The second-order valence-corrected chi connectivity index (χ2v) is 8.84. The van der Waals surface area contributed by atoms with Gasteiger partial charge in [0.25, 0.3) is 0 Å². The topological polar surface area (TPSA) is 85.2 Å². The van der Waals surface area contributed by atoms with Crippen LogP contribution in [0.3, 0.4) is 0 Å². The van der Waals surface area contributed by atoms with E-state index in [0.29, 0.717) is 13.1 Å². The molecule has 1 aromatic carbocycles. The average molecular weight is 441 g/mol. The first-order valence-electron chi connectivity index (χ1n) is 10.9. The van der Waals surface area contributed by atoms with E-state index in [9.17, 15) is 9.59 Å². The molecule has 1 aliphatic heterocycles. The number of rotatable bonds is 5. The Bertz CT molecular complexity index is 947. The van der Waals surface area contributed by atoms with Crippen molar-refractivity contribution in [3.63, 3.8) is 0 Å². The Labute approximate surface area is 189 Å². The van der Waals surface area contributed by atoms with Gasteiger partial charge in [-0.3, -0.25) is 9.67 Å². The third-order valence-corrected chi connectivity index (χ3v) is 5.11. The molecular formula is C24H32N4O4. The van der Waals surface area contributed by atoms with Gasteiger partial charge in [-0.25, -0.2) is 15.0 Å². The summed E-state index contributed by atoms with van der Waals surface area (Å²) in [5.41, 5.74) is 4.79. The van der Waals surface area contributed by atoms with E-state index in [4.69, 9.17) is 9.47 Å². The van der Waals surface area contributed by atoms with Crippen molar-refractivity contribution in [2.75, 3.05) is 25.6 Å². The molecule has 2 heterocycles. The van der Waals surface area contributed by atoms with Gasteiger partial charge in [0.05, 0.1) is 5.69 Å². The summed E-state index contributed by atoms with van der Waals surface area (Å²) >= 11 is 0. The lowest BCUT2D eigenvalue weighted by molar-refractivity contribution is 0.0609. The predicted octanol–water partition coefficient (Wildman–Crippen LogP) is 4.53. The summed E-state index contributed by atoms with van der Waals surface area (Å²) in [4.78, 5) is 30.9. The van der Waals surface area contributed by atoms with E-state index in [1.807, 2.05) is 63.2 Å². The van der Waals surface area contributed by atoms with Gasteiger partial charge in [-0.2, -0.15) is 0 Å². The smallest absolute Gasteiger partial charge is 0.426 e. The number of nitrogens with zero attached hydrogens (tertiary/aromatic N) is 3. The van der Waals surface area contributed by atoms with Gasteiger partial charge >= 0.3 is 12.2 Å². The number of carbonyl (C=O) groups is 2. The van der Waals surface area contributed by atoms with E-state index in [-0.39, 0.29) is 18.6 Å². The third kappa shape index (κ3) is 6.35. The van der Waals surface area contributed by atoms with Crippen molar-refractivity contribution in [1.29, 1.82) is 0 Å². The van der Waals surface area contributed by atoms with Crippen molar-refractivity contribution in [1.82, 2.24) is 9.58 Å². The van der Waals surface area contributed by atoms with Crippen molar-refractivity contribution in [2.24, 2.45) is 4.99 Å². The van der Waals surface area contributed by atoms with Crippen molar-refractivity contribution >= 4 is 18.4 Å². The van der Waals surface area contributed by atoms with Crippen LogP contribution in [0, 0.1) is 0 Å². The third-order valence-electron chi connectivity index (χ3n) is 5.11. The fraction of sp³-hybridized carbons (Fsp3) is 0.458. The maximum Gasteiger partial charge on any atom is 0.426 e. The molecule has 0 aliphatic carbocycles. The molecule has 0 bridgehead atoms. The van der Waals surface area contributed by atoms with Crippen LogP contribution in [0.25, 0.3) is 0 Å². The van der Waals surface area contributed by atoms with Crippen LogP contribution in [0.2, 0.25) is 0 Å². The van der Waals surface area contributed by atoms with E-state index in [1.165, 1.54) is 0 Å². The van der Waals surface area contributed by atoms with Crippen LogP contribution >= 0.6 is 0 Å². The number of hydrogen-bond donors (Lipinski definition) is 1. The Kier molecular flexibility index (Phi) is 7.56. The summed E-state index contributed by atoms with van der Waals surface area (Å²) in [5, 5.41) is 0. The van der Waals surface area contributed by atoms with Crippen molar-refractivity contribution in [2.45, 2.75) is 51.7 Å². The first-order valence-corrected chi connectivity index (χ1v) is 10.9. The number of nitrogens with one attached hydrogen (secondary N) is 1. The maximum atomic E-state index is 12.7. The fourth-order valence-electron chi connectivity index (χ4n) is 3.74. The molecule has 1 N–H and O–H groups in total. The van der Waals surface area contributed by atoms with Crippen LogP contribution in [0.4, 0.5) is 9.59 Å². The van der Waals surface area contributed by atoms with Crippen LogP contribution in [0.15, 0.2) is 47.5 Å². The lowest BCUT2D eigenvalue weighted by Gasteiger charge is -2.33. The van der Waals surface area contributed by atoms with Crippen LogP contribution in [-0.4, -0.2) is 53.7 Å². The summed E-state index contributed by atoms with van der Waals surface area (Å²) in [6.07, 6.45) is 2.54. The first-order chi connectivity index (χ1) is 15.3. The molecule has 1 aliphatic rings. The standard InChI is InChI=1S/C24H32N4O4/c1-24(2,3)32-22(29)26-28-20(15-25-4)12-13-21(28)19-11-8-14-27(16-19)23(30)31-17-18-9-6-5-7-10-18/h5-7,9-10,12-13,15,19H,8,11,14,16-17H2,1-4H3,(H,26,29)/t19-/m1/s1. The van der Waals surface area contributed by atoms with Crippen LogP contribution in [0.5, 0.6) is 0 Å². The fourth-order valence-corrected chi connectivity index (χ4v) is 3.74. The highest BCUT2D eigenvalue weighted by molar-refractivity contribution is 5.82. The second kappa shape index (κ2) is 10.3. The Balaban J connectivity index is 1.71. The summed E-state index contributed by atoms with van der Waals surface area (Å²) in [5.74, 6) is 0.0435.